The van der Waals surface area contributed by atoms with Crippen molar-refractivity contribution in [2.24, 2.45) is 11.8 Å². The number of methoxy groups -OCH3 is 1. The fraction of sp³-hybridized carbons (Fsp3) is 0.875. The van der Waals surface area contributed by atoms with E-state index in [4.69, 9.17) is 42.6 Å². The molecule has 0 aliphatic carbocycles. The highest BCUT2D eigenvalue weighted by atomic mass is 16.8. The molecule has 10 aliphatic rings. The van der Waals surface area contributed by atoms with E-state index in [0.717, 1.165) is 49.7 Å². The molecule has 1 unspecified atom stereocenters. The lowest BCUT2D eigenvalue weighted by Crippen LogP contribution is -2.61. The van der Waals surface area contributed by atoms with Crippen LogP contribution < -0.4 is 0 Å². The van der Waals surface area contributed by atoms with E-state index in [-0.39, 0.29) is 123 Å². The van der Waals surface area contributed by atoms with Gasteiger partial charge in [-0.2, -0.15) is 0 Å². The molecule has 10 heterocycles. The van der Waals surface area contributed by atoms with Gasteiger partial charge in [0.2, 0.25) is 0 Å². The van der Waals surface area contributed by atoms with E-state index in [1.165, 1.54) is 0 Å². The number of hydrogen-bond acceptors (Lipinski definition) is 12. The first-order chi connectivity index (χ1) is 25.1. The zero-order valence-corrected chi connectivity index (χ0v) is 30.7. The summed E-state index contributed by atoms with van der Waals surface area (Å²) >= 11 is 0. The van der Waals surface area contributed by atoms with E-state index in [1.54, 1.807) is 7.11 Å². The van der Waals surface area contributed by atoms with E-state index in [1.807, 2.05) is 0 Å². The van der Waals surface area contributed by atoms with Crippen molar-refractivity contribution in [1.29, 1.82) is 0 Å². The molecule has 12 bridgehead atoms. The van der Waals surface area contributed by atoms with Gasteiger partial charge in [0.05, 0.1) is 73.8 Å². The average Bonchev–Trinajstić information content (AvgIpc) is 3.79. The van der Waals surface area contributed by atoms with Crippen LogP contribution in [0.1, 0.15) is 90.4 Å². The van der Waals surface area contributed by atoms with Gasteiger partial charge >= 0.3 is 0 Å². The summed E-state index contributed by atoms with van der Waals surface area (Å²) in [6.07, 6.45) is 4.01. The van der Waals surface area contributed by atoms with E-state index in [0.29, 0.717) is 25.7 Å². The smallest absolute Gasteiger partial charge is 0.172 e. The second-order valence-corrected chi connectivity index (χ2v) is 17.4. The van der Waals surface area contributed by atoms with E-state index in [9.17, 15) is 15.0 Å². The first kappa shape index (κ1) is 36.4. The standard InChI is InChI=1S/C40H58O12/c1-19-11-24-5-7-28-20(2)12-26(45-28)9-10-40-17-33-36(51-40)37-38(50-33)39(52-40)35-29(49-37)8-6-25(47-35)13-22(42)14-27-31(16-30(46-24)21(19)3)48-32(34(27)44-4)15-23(43)18-41/h19,23-39,41,43H,2-3,5-18H2,1,4H3/t19-,23+,24+,25-,26+,27+,28+,29+,30-,31+,32-,33-,34-,35+,36-,37+,38-,39+,40?/m1/s1. The van der Waals surface area contributed by atoms with Crippen LogP contribution in [0.3, 0.4) is 0 Å². The van der Waals surface area contributed by atoms with E-state index in [2.05, 4.69) is 20.1 Å². The quantitative estimate of drug-likeness (QED) is 0.410. The lowest BCUT2D eigenvalue weighted by atomic mass is 9.81. The third kappa shape index (κ3) is 6.59. The highest BCUT2D eigenvalue weighted by Gasteiger charge is 2.68. The van der Waals surface area contributed by atoms with Crippen LogP contribution in [0.2, 0.25) is 0 Å². The van der Waals surface area contributed by atoms with Crippen LogP contribution in [-0.4, -0.2) is 133 Å². The number of aliphatic hydroxyl groups excluding tert-OH is 2. The molecule has 0 saturated carbocycles. The van der Waals surface area contributed by atoms with E-state index >= 15 is 0 Å². The molecule has 10 fully saturated rings. The number of Topliss-reactive ketones (excluding diaryl/α,β-unsaturated/α-hetero) is 1. The summed E-state index contributed by atoms with van der Waals surface area (Å²) < 4.78 is 59.8. The normalized spacial score (nSPS) is 52.4. The van der Waals surface area contributed by atoms with Gasteiger partial charge in [0.15, 0.2) is 5.79 Å². The number of carbonyl (C=O) groups is 1. The summed E-state index contributed by atoms with van der Waals surface area (Å²) in [6, 6.07) is 0. The summed E-state index contributed by atoms with van der Waals surface area (Å²) in [6.45, 7) is 10.7. The summed E-state index contributed by atoms with van der Waals surface area (Å²) in [7, 11) is 1.63. The van der Waals surface area contributed by atoms with Gasteiger partial charge in [-0.25, -0.2) is 0 Å². The molecule has 19 atom stereocenters. The van der Waals surface area contributed by atoms with Crippen molar-refractivity contribution in [2.45, 2.75) is 194 Å². The molecule has 0 radical (unpaired) electrons. The van der Waals surface area contributed by atoms with Gasteiger partial charge in [0.1, 0.15) is 36.3 Å². The molecule has 12 nitrogen and oxygen atoms in total. The number of ketones is 1. The van der Waals surface area contributed by atoms with Gasteiger partial charge in [-0.1, -0.05) is 20.1 Å². The van der Waals surface area contributed by atoms with Crippen LogP contribution in [0.4, 0.5) is 0 Å². The Morgan fingerprint density at radius 3 is 2.37 bits per heavy atom. The predicted molar refractivity (Wildman–Crippen MR) is 184 cm³/mol. The molecule has 52 heavy (non-hydrogen) atoms. The van der Waals surface area contributed by atoms with Gasteiger partial charge in [-0.05, 0) is 62.0 Å². The summed E-state index contributed by atoms with van der Waals surface area (Å²) in [5, 5.41) is 20.1. The van der Waals surface area contributed by atoms with Gasteiger partial charge in [0, 0.05) is 51.6 Å². The molecule has 12 heteroatoms. The first-order valence-electron chi connectivity index (χ1n) is 20.1. The maximum Gasteiger partial charge on any atom is 0.172 e. The lowest BCUT2D eigenvalue weighted by molar-refractivity contribution is -0.292. The Balaban J connectivity index is 0.994. The molecular weight excluding hydrogens is 672 g/mol. The second kappa shape index (κ2) is 14.3. The van der Waals surface area contributed by atoms with Crippen molar-refractivity contribution in [1.82, 2.24) is 0 Å². The predicted octanol–water partition coefficient (Wildman–Crippen LogP) is 3.47. The largest absolute Gasteiger partial charge is 0.394 e. The minimum absolute atomic E-state index is 0.0260. The van der Waals surface area contributed by atoms with Crippen LogP contribution >= 0.6 is 0 Å². The van der Waals surface area contributed by atoms with Crippen LogP contribution in [0, 0.1) is 11.8 Å². The molecule has 10 rings (SSSR count). The zero-order chi connectivity index (χ0) is 35.9. The number of carbonyl (C=O) groups excluding carboxylic acids is 1. The van der Waals surface area contributed by atoms with Gasteiger partial charge in [0.25, 0.3) is 0 Å². The summed E-state index contributed by atoms with van der Waals surface area (Å²) in [4.78, 5) is 14.0. The Bertz CT molecular complexity index is 1370. The molecule has 0 aromatic carbocycles. The Kier molecular flexibility index (Phi) is 10.0. The van der Waals surface area contributed by atoms with Gasteiger partial charge in [-0.15, -0.1) is 0 Å². The maximum atomic E-state index is 14.0. The highest BCUT2D eigenvalue weighted by Crippen LogP contribution is 2.54. The summed E-state index contributed by atoms with van der Waals surface area (Å²) in [5.41, 5.74) is 2.17. The fourth-order valence-corrected chi connectivity index (χ4v) is 11.3. The lowest BCUT2D eigenvalue weighted by Gasteiger charge is -2.47. The molecule has 0 aromatic heterocycles. The van der Waals surface area contributed by atoms with Gasteiger partial charge in [-0.3, -0.25) is 4.79 Å². The third-order valence-corrected chi connectivity index (χ3v) is 13.9. The molecule has 290 valence electrons. The SMILES string of the molecule is C=C1C[C@@H]2CCC34C[C@H]5O[C@H]6[C@@H](O3)[C@H]3O[C@H](CC[C@@H]3O[C@H]6[C@@H]5O4)CC(=O)C[C@@H]3[C@@H](OC)[C@@H](C[C@H](O)CO)O[C@H]3C[C@H]3O[C@@H](CC[C@@H]1O2)C[C@@H](C)C3=C. The van der Waals surface area contributed by atoms with Crippen molar-refractivity contribution < 1.29 is 57.6 Å². The maximum absolute atomic E-state index is 14.0. The van der Waals surface area contributed by atoms with Crippen LogP contribution in [0.25, 0.3) is 0 Å². The minimum Gasteiger partial charge on any atom is -0.394 e. The van der Waals surface area contributed by atoms with Crippen molar-refractivity contribution in [3.8, 4) is 0 Å². The topological polar surface area (TPSA) is 141 Å². The Morgan fingerprint density at radius 2 is 1.54 bits per heavy atom. The number of ether oxygens (including phenoxy) is 9. The Morgan fingerprint density at radius 1 is 0.788 bits per heavy atom. The van der Waals surface area contributed by atoms with Crippen LogP contribution in [0.15, 0.2) is 24.3 Å². The highest BCUT2D eigenvalue weighted by molar-refractivity contribution is 5.79. The molecule has 2 N–H and O–H groups in total. The fourth-order valence-electron chi connectivity index (χ4n) is 11.3. The average molecular weight is 731 g/mol. The monoisotopic (exact) mass is 730 g/mol. The summed E-state index contributed by atoms with van der Waals surface area (Å²) in [5.74, 6) is -0.709. The van der Waals surface area contributed by atoms with E-state index < -0.39 is 24.1 Å². The van der Waals surface area contributed by atoms with Crippen LogP contribution in [0.5, 0.6) is 0 Å². The number of fused-ring (bicyclic) bond motifs is 6. The molecule has 0 amide bonds. The number of aliphatic hydroxyl groups is 2. The molecular formula is C40H58O12. The molecule has 10 aliphatic heterocycles. The van der Waals surface area contributed by atoms with Crippen LogP contribution in [-0.2, 0) is 47.4 Å². The molecule has 10 saturated heterocycles. The van der Waals surface area contributed by atoms with Crippen molar-refractivity contribution in [2.75, 3.05) is 13.7 Å². The van der Waals surface area contributed by atoms with Gasteiger partial charge < -0.3 is 52.8 Å². The number of hydrogen-bond donors (Lipinski definition) is 2. The Hall–Kier alpha value is -1.29. The van der Waals surface area contributed by atoms with Crippen molar-refractivity contribution in [3.05, 3.63) is 24.3 Å². The third-order valence-electron chi connectivity index (χ3n) is 13.9. The Labute approximate surface area is 306 Å². The number of rotatable bonds is 4. The molecule has 1 spiro atoms. The second-order valence-electron chi connectivity index (χ2n) is 17.4. The van der Waals surface area contributed by atoms with Crippen molar-refractivity contribution >= 4 is 5.78 Å². The van der Waals surface area contributed by atoms with Crippen molar-refractivity contribution in [3.63, 3.8) is 0 Å². The first-order valence-corrected chi connectivity index (χ1v) is 20.1. The molecule has 0 aromatic rings. The zero-order valence-electron chi connectivity index (χ0n) is 30.7. The minimum atomic E-state index is -0.951.